The Morgan fingerprint density at radius 1 is 1.26 bits per heavy atom. The van der Waals surface area contributed by atoms with Crippen LogP contribution in [0.1, 0.15) is 12.8 Å². The number of nitrogens with zero attached hydrogens (tertiary/aromatic N) is 2. The van der Waals surface area contributed by atoms with Gasteiger partial charge in [-0.05, 0) is 54.0 Å². The van der Waals surface area contributed by atoms with Gasteiger partial charge >= 0.3 is 0 Å². The third-order valence-corrected chi connectivity index (χ3v) is 6.32. The van der Waals surface area contributed by atoms with Crippen molar-refractivity contribution in [1.82, 2.24) is 9.21 Å². The van der Waals surface area contributed by atoms with Gasteiger partial charge < -0.3 is 4.90 Å². The molecule has 1 aliphatic rings. The first-order valence-corrected chi connectivity index (χ1v) is 8.68. The smallest absolute Gasteiger partial charge is 0.243 e. The van der Waals surface area contributed by atoms with Crippen molar-refractivity contribution in [2.45, 2.75) is 17.7 Å². The average Bonchev–Trinajstić information content (AvgIpc) is 2.89. The van der Waals surface area contributed by atoms with Crippen LogP contribution in [0.4, 0.5) is 0 Å². The minimum absolute atomic E-state index is 0.332. The van der Waals surface area contributed by atoms with E-state index < -0.39 is 10.0 Å². The molecule has 1 aliphatic heterocycles. The van der Waals surface area contributed by atoms with Gasteiger partial charge in [-0.1, -0.05) is 12.1 Å². The molecule has 0 N–H and O–H groups in total. The molecular formula is C13H19BrN2O2S. The standard InChI is InChI=1S/C13H19BrN2O2S/c1-15(10-11-16-8-4-5-9-16)19(17,18)13-7-3-2-6-12(13)14/h2-3,6-7H,4-5,8-11H2,1H3. The average molecular weight is 347 g/mol. The monoisotopic (exact) mass is 346 g/mol. The van der Waals surface area contributed by atoms with Crippen LogP contribution >= 0.6 is 15.9 Å². The van der Waals surface area contributed by atoms with Crippen molar-refractivity contribution in [3.8, 4) is 0 Å². The molecule has 0 aliphatic carbocycles. The highest BCUT2D eigenvalue weighted by Gasteiger charge is 2.23. The first kappa shape index (κ1) is 15.0. The lowest BCUT2D eigenvalue weighted by Gasteiger charge is -2.21. The second-order valence-corrected chi connectivity index (χ2v) is 7.67. The van der Waals surface area contributed by atoms with Crippen LogP contribution in [0.3, 0.4) is 0 Å². The summed E-state index contributed by atoms with van der Waals surface area (Å²) in [5.41, 5.74) is 0. The van der Waals surface area contributed by atoms with Crippen molar-refractivity contribution in [2.75, 3.05) is 33.2 Å². The third kappa shape index (κ3) is 3.56. The van der Waals surface area contributed by atoms with E-state index in [-0.39, 0.29) is 0 Å². The van der Waals surface area contributed by atoms with Gasteiger partial charge in [0.25, 0.3) is 0 Å². The zero-order chi connectivity index (χ0) is 13.9. The maximum absolute atomic E-state index is 12.4. The van der Waals surface area contributed by atoms with Crippen LogP contribution < -0.4 is 0 Å². The minimum Gasteiger partial charge on any atom is -0.302 e. The van der Waals surface area contributed by atoms with E-state index in [2.05, 4.69) is 20.8 Å². The molecule has 0 aromatic heterocycles. The van der Waals surface area contributed by atoms with Crippen LogP contribution in [0.2, 0.25) is 0 Å². The first-order valence-electron chi connectivity index (χ1n) is 6.45. The minimum atomic E-state index is -3.40. The number of hydrogen-bond donors (Lipinski definition) is 0. The molecule has 1 saturated heterocycles. The molecule has 0 atom stereocenters. The lowest BCUT2D eigenvalue weighted by Crippen LogP contribution is -2.35. The summed E-state index contributed by atoms with van der Waals surface area (Å²) in [6.07, 6.45) is 2.45. The van der Waals surface area contributed by atoms with E-state index in [0.717, 1.165) is 19.6 Å². The molecule has 0 spiro atoms. The van der Waals surface area contributed by atoms with Crippen LogP contribution in [-0.4, -0.2) is 50.8 Å². The van der Waals surface area contributed by atoms with Gasteiger partial charge in [0, 0.05) is 24.6 Å². The molecule has 1 aromatic carbocycles. The van der Waals surface area contributed by atoms with E-state index in [9.17, 15) is 8.42 Å². The second kappa shape index (κ2) is 6.35. The van der Waals surface area contributed by atoms with E-state index in [4.69, 9.17) is 0 Å². The number of likely N-dealkylation sites (N-methyl/N-ethyl adjacent to an activating group) is 1. The summed E-state index contributed by atoms with van der Waals surface area (Å²) in [7, 11) is -1.76. The maximum Gasteiger partial charge on any atom is 0.243 e. The molecule has 0 radical (unpaired) electrons. The molecule has 106 valence electrons. The third-order valence-electron chi connectivity index (χ3n) is 3.45. The maximum atomic E-state index is 12.4. The Balaban J connectivity index is 2.04. The van der Waals surface area contributed by atoms with Gasteiger partial charge in [-0.15, -0.1) is 0 Å². The molecule has 0 saturated carbocycles. The lowest BCUT2D eigenvalue weighted by molar-refractivity contribution is 0.310. The highest BCUT2D eigenvalue weighted by atomic mass is 79.9. The quantitative estimate of drug-likeness (QED) is 0.820. The van der Waals surface area contributed by atoms with Gasteiger partial charge in [0.2, 0.25) is 10.0 Å². The summed E-state index contributed by atoms with van der Waals surface area (Å²) in [6, 6.07) is 6.94. The fourth-order valence-corrected chi connectivity index (χ4v) is 4.35. The number of benzene rings is 1. The van der Waals surface area contributed by atoms with Gasteiger partial charge in [0.1, 0.15) is 0 Å². The Hall–Kier alpha value is -0.430. The molecule has 1 heterocycles. The highest BCUT2D eigenvalue weighted by Crippen LogP contribution is 2.23. The Bertz CT molecular complexity index is 527. The molecule has 0 bridgehead atoms. The molecule has 0 amide bonds. The summed E-state index contributed by atoms with van der Waals surface area (Å²) in [6.45, 7) is 3.51. The summed E-state index contributed by atoms with van der Waals surface area (Å²) in [5.74, 6) is 0. The zero-order valence-corrected chi connectivity index (χ0v) is 13.5. The van der Waals surface area contributed by atoms with Gasteiger partial charge in [0.05, 0.1) is 4.90 Å². The predicted octanol–water partition coefficient (Wildman–Crippen LogP) is 2.17. The van der Waals surface area contributed by atoms with E-state index in [1.54, 1.807) is 25.2 Å². The van der Waals surface area contributed by atoms with Crippen LogP contribution in [0, 0.1) is 0 Å². The number of sulfonamides is 1. The van der Waals surface area contributed by atoms with Crippen molar-refractivity contribution >= 4 is 26.0 Å². The summed E-state index contributed by atoms with van der Waals surface area (Å²) in [4.78, 5) is 2.64. The molecule has 0 unspecified atom stereocenters. The Kier molecular flexibility index (Phi) is 5.00. The molecular weight excluding hydrogens is 328 g/mol. The SMILES string of the molecule is CN(CCN1CCCC1)S(=O)(=O)c1ccccc1Br. The summed E-state index contributed by atoms with van der Waals surface area (Å²) in [5, 5.41) is 0. The fourth-order valence-electron chi connectivity index (χ4n) is 2.23. The number of rotatable bonds is 5. The van der Waals surface area contributed by atoms with Gasteiger partial charge in [0.15, 0.2) is 0 Å². The van der Waals surface area contributed by atoms with E-state index in [0.29, 0.717) is 15.9 Å². The molecule has 19 heavy (non-hydrogen) atoms. The molecule has 2 rings (SSSR count). The number of halogens is 1. The molecule has 1 aromatic rings. The fraction of sp³-hybridized carbons (Fsp3) is 0.538. The van der Waals surface area contributed by atoms with E-state index in [1.807, 2.05) is 6.07 Å². The largest absolute Gasteiger partial charge is 0.302 e. The van der Waals surface area contributed by atoms with Crippen LogP contribution in [0.5, 0.6) is 0 Å². The van der Waals surface area contributed by atoms with Gasteiger partial charge in [-0.3, -0.25) is 0 Å². The Morgan fingerprint density at radius 2 is 1.89 bits per heavy atom. The molecule has 1 fully saturated rings. The normalized spacial score (nSPS) is 17.2. The van der Waals surface area contributed by atoms with Crippen molar-refractivity contribution < 1.29 is 8.42 Å². The lowest BCUT2D eigenvalue weighted by atomic mass is 10.4. The topological polar surface area (TPSA) is 40.6 Å². The predicted molar refractivity (Wildman–Crippen MR) is 79.6 cm³/mol. The van der Waals surface area contributed by atoms with E-state index in [1.165, 1.54) is 17.1 Å². The molecule has 6 heteroatoms. The molecule has 4 nitrogen and oxygen atoms in total. The zero-order valence-electron chi connectivity index (χ0n) is 11.0. The summed E-state index contributed by atoms with van der Waals surface area (Å²) < 4.78 is 26.9. The van der Waals surface area contributed by atoms with Crippen LogP contribution in [0.15, 0.2) is 33.6 Å². The van der Waals surface area contributed by atoms with Crippen molar-refractivity contribution in [3.63, 3.8) is 0 Å². The summed E-state index contributed by atoms with van der Waals surface area (Å²) >= 11 is 3.30. The second-order valence-electron chi connectivity index (χ2n) is 4.81. The van der Waals surface area contributed by atoms with Gasteiger partial charge in [-0.25, -0.2) is 8.42 Å². The Morgan fingerprint density at radius 3 is 2.53 bits per heavy atom. The Labute approximate surface area is 123 Å². The van der Waals surface area contributed by atoms with Gasteiger partial charge in [-0.2, -0.15) is 4.31 Å². The first-order chi connectivity index (χ1) is 9.01. The van der Waals surface area contributed by atoms with Crippen LogP contribution in [0.25, 0.3) is 0 Å². The highest BCUT2D eigenvalue weighted by molar-refractivity contribution is 9.10. The van der Waals surface area contributed by atoms with Crippen LogP contribution in [-0.2, 0) is 10.0 Å². The van der Waals surface area contributed by atoms with Crippen molar-refractivity contribution in [2.24, 2.45) is 0 Å². The van der Waals surface area contributed by atoms with E-state index >= 15 is 0 Å². The number of likely N-dealkylation sites (tertiary alicyclic amines) is 1. The number of hydrogen-bond acceptors (Lipinski definition) is 3. The van der Waals surface area contributed by atoms with Crippen molar-refractivity contribution in [3.05, 3.63) is 28.7 Å². The van der Waals surface area contributed by atoms with Crippen molar-refractivity contribution in [1.29, 1.82) is 0 Å².